The molecule has 0 aliphatic carbocycles. The van der Waals surface area contributed by atoms with Gasteiger partial charge in [0.1, 0.15) is 17.6 Å². The zero-order chi connectivity index (χ0) is 13.2. The van der Waals surface area contributed by atoms with Gasteiger partial charge in [-0.25, -0.2) is 4.98 Å². The Morgan fingerprint density at radius 3 is 2.95 bits per heavy atom. The maximum atomic E-state index is 8.84. The van der Waals surface area contributed by atoms with Crippen LogP contribution in [-0.4, -0.2) is 27.9 Å². The minimum absolute atomic E-state index is 0.469. The summed E-state index contributed by atoms with van der Waals surface area (Å²) in [5.41, 5.74) is 0.469. The fourth-order valence-corrected chi connectivity index (χ4v) is 2.56. The molecule has 6 heteroatoms. The molecular weight excluding hydrogens is 306 g/mol. The Bertz CT molecular complexity index is 624. The third kappa shape index (κ3) is 2.61. The van der Waals surface area contributed by atoms with Gasteiger partial charge in [0.2, 0.25) is 0 Å². The summed E-state index contributed by atoms with van der Waals surface area (Å²) in [5.74, 6) is 1.47. The van der Waals surface area contributed by atoms with Crippen LogP contribution in [-0.2, 0) is 6.54 Å². The van der Waals surface area contributed by atoms with E-state index in [1.807, 2.05) is 23.0 Å². The van der Waals surface area contributed by atoms with Gasteiger partial charge in [-0.3, -0.25) is 4.68 Å². The molecule has 3 rings (SSSR count). The number of anilines is 1. The summed E-state index contributed by atoms with van der Waals surface area (Å²) in [6.07, 6.45) is 3.78. The van der Waals surface area contributed by atoms with Crippen LogP contribution >= 0.6 is 15.9 Å². The lowest BCUT2D eigenvalue weighted by Gasteiger charge is -2.40. The first-order valence-corrected chi connectivity index (χ1v) is 6.84. The maximum Gasteiger partial charge on any atom is 0.142 e. The lowest BCUT2D eigenvalue weighted by atomic mass is 10.0. The van der Waals surface area contributed by atoms with E-state index in [2.05, 4.69) is 37.0 Å². The molecule has 1 aliphatic rings. The van der Waals surface area contributed by atoms with Crippen molar-refractivity contribution in [1.29, 1.82) is 5.26 Å². The van der Waals surface area contributed by atoms with Crippen LogP contribution < -0.4 is 4.90 Å². The Kier molecular flexibility index (Phi) is 3.22. The highest BCUT2D eigenvalue weighted by molar-refractivity contribution is 9.10. The van der Waals surface area contributed by atoms with Gasteiger partial charge in [0.15, 0.2) is 0 Å². The third-order valence-corrected chi connectivity index (χ3v) is 3.59. The Morgan fingerprint density at radius 1 is 1.42 bits per heavy atom. The van der Waals surface area contributed by atoms with Crippen LogP contribution in [0.2, 0.25) is 0 Å². The Morgan fingerprint density at radius 2 is 2.26 bits per heavy atom. The summed E-state index contributed by atoms with van der Waals surface area (Å²) in [6.45, 7) is 2.83. The summed E-state index contributed by atoms with van der Waals surface area (Å²) >= 11 is 3.39. The predicted octanol–water partition coefficient (Wildman–Crippen LogP) is 2.05. The molecule has 0 aromatic carbocycles. The average molecular weight is 318 g/mol. The van der Waals surface area contributed by atoms with Gasteiger partial charge in [0.05, 0.1) is 10.7 Å². The molecule has 1 saturated heterocycles. The van der Waals surface area contributed by atoms with Crippen LogP contribution in [0.25, 0.3) is 0 Å². The normalized spacial score (nSPS) is 15.1. The number of hydrogen-bond acceptors (Lipinski definition) is 4. The molecule has 1 aliphatic heterocycles. The number of pyridine rings is 1. The Labute approximate surface area is 119 Å². The topological polar surface area (TPSA) is 57.7 Å². The van der Waals surface area contributed by atoms with Crippen LogP contribution in [0.15, 0.2) is 35.1 Å². The number of hydrogen-bond donors (Lipinski definition) is 0. The molecule has 5 nitrogen and oxygen atoms in total. The van der Waals surface area contributed by atoms with E-state index in [0.29, 0.717) is 11.6 Å². The van der Waals surface area contributed by atoms with Gasteiger partial charge in [-0.2, -0.15) is 10.4 Å². The highest BCUT2D eigenvalue weighted by Gasteiger charge is 2.28. The summed E-state index contributed by atoms with van der Waals surface area (Å²) in [4.78, 5) is 6.48. The fourth-order valence-electron chi connectivity index (χ4n) is 2.24. The van der Waals surface area contributed by atoms with Crippen molar-refractivity contribution in [3.63, 3.8) is 0 Å². The van der Waals surface area contributed by atoms with E-state index >= 15 is 0 Å². The number of halogens is 1. The first kappa shape index (κ1) is 12.2. The molecule has 0 unspecified atom stereocenters. The molecule has 0 radical (unpaired) electrons. The van der Waals surface area contributed by atoms with E-state index in [9.17, 15) is 0 Å². The molecule has 2 aromatic heterocycles. The van der Waals surface area contributed by atoms with Crippen molar-refractivity contribution in [2.75, 3.05) is 18.0 Å². The summed E-state index contributed by atoms with van der Waals surface area (Å²) < 4.78 is 2.96. The maximum absolute atomic E-state index is 8.84. The molecule has 3 heterocycles. The largest absolute Gasteiger partial charge is 0.356 e. The van der Waals surface area contributed by atoms with E-state index in [1.54, 1.807) is 12.3 Å². The predicted molar refractivity (Wildman–Crippen MR) is 74.6 cm³/mol. The van der Waals surface area contributed by atoms with Gasteiger partial charge in [-0.1, -0.05) is 6.07 Å². The lowest BCUT2D eigenvalue weighted by molar-refractivity contribution is 0.340. The van der Waals surface area contributed by atoms with Gasteiger partial charge >= 0.3 is 0 Å². The second-order valence-corrected chi connectivity index (χ2v) is 5.56. The molecule has 19 heavy (non-hydrogen) atoms. The second-order valence-electron chi connectivity index (χ2n) is 4.64. The summed E-state index contributed by atoms with van der Waals surface area (Å²) in [5, 5.41) is 13.1. The van der Waals surface area contributed by atoms with Crippen LogP contribution in [0.4, 0.5) is 5.82 Å². The van der Waals surface area contributed by atoms with Crippen LogP contribution in [0.1, 0.15) is 5.69 Å². The monoisotopic (exact) mass is 317 g/mol. The summed E-state index contributed by atoms with van der Waals surface area (Å²) in [6, 6.07) is 7.61. The zero-order valence-electron chi connectivity index (χ0n) is 10.2. The second kappa shape index (κ2) is 5.02. The number of nitrogens with zero attached hydrogens (tertiary/aromatic N) is 5. The molecule has 0 amide bonds. The van der Waals surface area contributed by atoms with Gasteiger partial charge in [0, 0.05) is 31.7 Å². The van der Waals surface area contributed by atoms with E-state index in [0.717, 1.165) is 29.9 Å². The van der Waals surface area contributed by atoms with Crippen molar-refractivity contribution < 1.29 is 0 Å². The number of nitriles is 1. The molecule has 0 saturated carbocycles. The van der Waals surface area contributed by atoms with Crippen molar-refractivity contribution >= 4 is 21.7 Å². The number of aromatic nitrogens is 3. The highest BCUT2D eigenvalue weighted by atomic mass is 79.9. The Hall–Kier alpha value is -1.87. The van der Waals surface area contributed by atoms with Crippen LogP contribution in [0.5, 0.6) is 0 Å². The third-order valence-electron chi connectivity index (χ3n) is 3.18. The van der Waals surface area contributed by atoms with Crippen molar-refractivity contribution in [2.24, 2.45) is 5.92 Å². The Balaban J connectivity index is 1.59. The van der Waals surface area contributed by atoms with Crippen molar-refractivity contribution in [2.45, 2.75) is 6.54 Å². The molecule has 0 bridgehead atoms. The minimum Gasteiger partial charge on any atom is -0.356 e. The first-order chi connectivity index (χ1) is 9.24. The van der Waals surface area contributed by atoms with E-state index in [1.165, 1.54) is 0 Å². The van der Waals surface area contributed by atoms with Crippen molar-refractivity contribution in [3.8, 4) is 6.07 Å². The first-order valence-electron chi connectivity index (χ1n) is 6.04. The minimum atomic E-state index is 0.469. The van der Waals surface area contributed by atoms with Gasteiger partial charge in [0.25, 0.3) is 0 Å². The van der Waals surface area contributed by atoms with Gasteiger partial charge in [-0.05, 0) is 28.1 Å². The van der Waals surface area contributed by atoms with Crippen molar-refractivity contribution in [3.05, 3.63) is 40.8 Å². The lowest BCUT2D eigenvalue weighted by Crippen LogP contribution is -2.49. The zero-order valence-corrected chi connectivity index (χ0v) is 11.8. The smallest absolute Gasteiger partial charge is 0.142 e. The molecule has 96 valence electrons. The van der Waals surface area contributed by atoms with Crippen LogP contribution in [0, 0.1) is 17.2 Å². The number of rotatable bonds is 3. The molecular formula is C13H12BrN5. The SMILES string of the molecule is N#Cc1cccc(N2CC(Cn3cc(Br)cn3)C2)n1. The highest BCUT2D eigenvalue weighted by Crippen LogP contribution is 2.24. The molecule has 0 atom stereocenters. The van der Waals surface area contributed by atoms with Crippen molar-refractivity contribution in [1.82, 2.24) is 14.8 Å². The molecule has 0 spiro atoms. The van der Waals surface area contributed by atoms with Gasteiger partial charge < -0.3 is 4.90 Å². The quantitative estimate of drug-likeness (QED) is 0.869. The molecule has 2 aromatic rings. The molecule has 1 fully saturated rings. The summed E-state index contributed by atoms with van der Waals surface area (Å²) in [7, 11) is 0. The fraction of sp³-hybridized carbons (Fsp3) is 0.308. The van der Waals surface area contributed by atoms with E-state index < -0.39 is 0 Å². The van der Waals surface area contributed by atoms with E-state index in [4.69, 9.17) is 5.26 Å². The average Bonchev–Trinajstić information content (AvgIpc) is 2.79. The molecule has 0 N–H and O–H groups in total. The van der Waals surface area contributed by atoms with Gasteiger partial charge in [-0.15, -0.1) is 0 Å². The standard InChI is InChI=1S/C13H12BrN5/c14-11-5-16-19(9-11)8-10-6-18(7-10)13-3-1-2-12(4-15)17-13/h1-3,5,9-10H,6-8H2. The van der Waals surface area contributed by atoms with Crippen LogP contribution in [0.3, 0.4) is 0 Å². The van der Waals surface area contributed by atoms with E-state index in [-0.39, 0.29) is 0 Å².